The van der Waals surface area contributed by atoms with Crippen molar-refractivity contribution in [3.63, 3.8) is 0 Å². The normalized spacial score (nSPS) is 16.9. The zero-order valence-corrected chi connectivity index (χ0v) is 20.4. The molecule has 0 fully saturated rings. The van der Waals surface area contributed by atoms with Crippen molar-refractivity contribution >= 4 is 65.2 Å². The summed E-state index contributed by atoms with van der Waals surface area (Å²) in [5.41, 5.74) is 1.24. The zero-order chi connectivity index (χ0) is 38.4. The average Bonchev–Trinajstić information content (AvgIpc) is 3.77. The molecular weight excluding hydrogens is 488 g/mol. The van der Waals surface area contributed by atoms with Gasteiger partial charge in [0, 0.05) is 16.2 Å². The summed E-state index contributed by atoms with van der Waals surface area (Å²) in [7, 11) is 0. The van der Waals surface area contributed by atoms with E-state index in [2.05, 4.69) is 0 Å². The maximum absolute atomic E-state index is 9.27. The van der Waals surface area contributed by atoms with Crippen LogP contribution in [0.3, 0.4) is 0 Å². The van der Waals surface area contributed by atoms with Crippen LogP contribution in [0.25, 0.3) is 87.5 Å². The predicted molar refractivity (Wildman–Crippen MR) is 167 cm³/mol. The Labute approximate surface area is 249 Å². The number of fused-ring (bicyclic) bond motifs is 7. The largest absolute Gasteiger partial charge is 0.464 e. The molecule has 0 radical (unpaired) electrons. The van der Waals surface area contributed by atoms with Crippen LogP contribution < -0.4 is 0 Å². The van der Waals surface area contributed by atoms with Crippen LogP contribution >= 0.6 is 0 Å². The monoisotopic (exact) mass is 524 g/mol. The van der Waals surface area contributed by atoms with E-state index in [1.165, 1.54) is 0 Å². The van der Waals surface area contributed by atoms with Crippen LogP contribution in [-0.2, 0) is 0 Å². The molecule has 0 aliphatic rings. The second-order valence-electron chi connectivity index (χ2n) is 9.45. The molecule has 0 unspecified atom stereocenters. The van der Waals surface area contributed by atoms with Crippen LogP contribution in [0.1, 0.15) is 19.2 Å². The molecular formula is C38H22O2. The Balaban J connectivity index is 1.57. The fraction of sp³-hybridized carbons (Fsp3) is 0. The second kappa shape index (κ2) is 8.08. The zero-order valence-electron chi connectivity index (χ0n) is 34.4. The fourth-order valence-electron chi connectivity index (χ4n) is 5.60. The Morgan fingerprint density at radius 1 is 0.450 bits per heavy atom. The van der Waals surface area contributed by atoms with E-state index in [0.29, 0.717) is 22.1 Å². The lowest BCUT2D eigenvalue weighted by atomic mass is 9.84. The molecule has 0 saturated carbocycles. The number of hydrogen-bond acceptors (Lipinski definition) is 2. The van der Waals surface area contributed by atoms with Crippen molar-refractivity contribution in [3.8, 4) is 22.3 Å². The van der Waals surface area contributed by atoms with Gasteiger partial charge in [0.05, 0.1) is 25.5 Å². The minimum atomic E-state index is -0.684. The van der Waals surface area contributed by atoms with E-state index in [9.17, 15) is 5.48 Å². The third-order valence-electron chi connectivity index (χ3n) is 7.34. The lowest BCUT2D eigenvalue weighted by molar-refractivity contribution is 0.616. The molecule has 7 aromatic carbocycles. The topological polar surface area (TPSA) is 26.3 Å². The van der Waals surface area contributed by atoms with E-state index in [1.807, 2.05) is 12.1 Å². The highest BCUT2D eigenvalue weighted by atomic mass is 16.3. The highest BCUT2D eigenvalue weighted by Crippen LogP contribution is 2.46. The van der Waals surface area contributed by atoms with Gasteiger partial charge in [0.1, 0.15) is 16.7 Å². The van der Waals surface area contributed by atoms with Gasteiger partial charge in [-0.15, -0.1) is 0 Å². The van der Waals surface area contributed by atoms with Crippen molar-refractivity contribution in [2.24, 2.45) is 0 Å². The van der Waals surface area contributed by atoms with Gasteiger partial charge in [-0.3, -0.25) is 0 Å². The highest BCUT2D eigenvalue weighted by Gasteiger charge is 2.19. The van der Waals surface area contributed by atoms with Gasteiger partial charge in [-0.05, 0) is 84.9 Å². The van der Waals surface area contributed by atoms with Gasteiger partial charge in [0.15, 0.2) is 0 Å². The van der Waals surface area contributed by atoms with E-state index in [1.54, 1.807) is 30.5 Å². The standard InChI is InChI=1S/C38H22O2/c1-2-10-26-23(8-1)9-7-15-28(26)38-31-13-5-3-11-29(31)37(30-12-4-6-14-32(30)38)25-16-17-27-33-22-34-24(18-19-39-34)20-36(33)40-35(27)21-25/h1-22H/i1D,2D,3D,4D,5D,6D,7D,9D,10D,11D,12D,13D,14D,15D. The predicted octanol–water partition coefficient (Wildman–Crippen LogP) is 11.1. The molecule has 0 aliphatic carbocycles. The van der Waals surface area contributed by atoms with Gasteiger partial charge >= 0.3 is 0 Å². The number of benzene rings is 7. The van der Waals surface area contributed by atoms with Crippen LogP contribution in [0.5, 0.6) is 0 Å². The van der Waals surface area contributed by atoms with Crippen LogP contribution in [0.4, 0.5) is 0 Å². The lowest BCUT2D eigenvalue weighted by Crippen LogP contribution is -1.91. The van der Waals surface area contributed by atoms with Gasteiger partial charge in [-0.2, -0.15) is 0 Å². The van der Waals surface area contributed by atoms with Gasteiger partial charge in [0.25, 0.3) is 0 Å². The van der Waals surface area contributed by atoms with Gasteiger partial charge < -0.3 is 8.83 Å². The van der Waals surface area contributed by atoms with Crippen molar-refractivity contribution in [2.75, 3.05) is 0 Å². The maximum Gasteiger partial charge on any atom is 0.136 e. The first kappa shape index (κ1) is 12.2. The Morgan fingerprint density at radius 2 is 1.15 bits per heavy atom. The molecule has 0 aliphatic heterocycles. The number of rotatable bonds is 2. The molecule has 0 N–H and O–H groups in total. The molecule has 2 heterocycles. The van der Waals surface area contributed by atoms with Crippen LogP contribution in [0, 0.1) is 0 Å². The summed E-state index contributed by atoms with van der Waals surface area (Å²) in [6, 6.07) is 3.18. The van der Waals surface area contributed by atoms with E-state index < -0.39 is 84.6 Å². The summed E-state index contributed by atoms with van der Waals surface area (Å²) >= 11 is 0. The van der Waals surface area contributed by atoms with Crippen LogP contribution in [0.15, 0.2) is 142 Å². The third-order valence-corrected chi connectivity index (χ3v) is 7.34. The Kier molecular flexibility index (Phi) is 2.47. The summed E-state index contributed by atoms with van der Waals surface area (Å²) in [6.45, 7) is 0. The molecule has 0 bridgehead atoms. The van der Waals surface area contributed by atoms with E-state index in [4.69, 9.17) is 22.5 Å². The molecule has 0 saturated heterocycles. The molecule has 186 valence electrons. The molecule has 2 nitrogen and oxygen atoms in total. The van der Waals surface area contributed by atoms with Crippen molar-refractivity contribution in [1.29, 1.82) is 0 Å². The minimum Gasteiger partial charge on any atom is -0.464 e. The lowest BCUT2D eigenvalue weighted by Gasteiger charge is -2.18. The SMILES string of the molecule is [2H]c1cc2c([2H])c([2H])c([2H])c(-c3c4c([2H])c([2H])c([2H])c([2H])c4c(-c4ccc5c(c4)oc4cc6ccoc6cc45)c4c([2H])c([2H])c([2H])c([2H])c34)c2c([2H])c1[2H]. The quantitative estimate of drug-likeness (QED) is 0.210. The van der Waals surface area contributed by atoms with E-state index >= 15 is 0 Å². The van der Waals surface area contributed by atoms with Crippen LogP contribution in [-0.4, -0.2) is 0 Å². The summed E-state index contributed by atoms with van der Waals surface area (Å²) in [4.78, 5) is 0. The van der Waals surface area contributed by atoms with Crippen molar-refractivity contribution < 1.29 is 28.0 Å². The molecule has 2 aromatic heterocycles. The molecule has 0 atom stereocenters. The minimum absolute atomic E-state index is 0.0265. The van der Waals surface area contributed by atoms with Crippen molar-refractivity contribution in [3.05, 3.63) is 133 Å². The van der Waals surface area contributed by atoms with E-state index in [0.717, 1.165) is 16.8 Å². The van der Waals surface area contributed by atoms with Crippen molar-refractivity contribution in [1.82, 2.24) is 0 Å². The van der Waals surface area contributed by atoms with Crippen LogP contribution in [0.2, 0.25) is 0 Å². The Hall–Kier alpha value is -5.34. The summed E-state index contributed by atoms with van der Waals surface area (Å²) in [5.74, 6) is 0. The fourth-order valence-corrected chi connectivity index (χ4v) is 5.60. The Bertz CT molecular complexity index is 3140. The first-order chi connectivity index (χ1) is 25.6. The first-order valence-corrected chi connectivity index (χ1v) is 12.4. The number of hydrogen-bond donors (Lipinski definition) is 0. The summed E-state index contributed by atoms with van der Waals surface area (Å²) in [5, 5.41) is 1.01. The van der Waals surface area contributed by atoms with E-state index in [-0.39, 0.29) is 54.6 Å². The number of furan rings is 2. The smallest absolute Gasteiger partial charge is 0.136 e. The second-order valence-corrected chi connectivity index (χ2v) is 9.45. The molecule has 0 amide bonds. The molecule has 0 spiro atoms. The molecule has 2 heteroatoms. The first-order valence-electron chi connectivity index (χ1n) is 19.4. The summed E-state index contributed by atoms with van der Waals surface area (Å²) < 4.78 is 136. The maximum atomic E-state index is 9.27. The van der Waals surface area contributed by atoms with Gasteiger partial charge in [-0.25, -0.2) is 0 Å². The molecule has 9 rings (SSSR count). The third kappa shape index (κ3) is 2.99. The Morgan fingerprint density at radius 3 is 1.95 bits per heavy atom. The average molecular weight is 525 g/mol. The summed E-state index contributed by atoms with van der Waals surface area (Å²) in [6.07, 6.45) is 1.56. The van der Waals surface area contributed by atoms with Gasteiger partial charge in [0.2, 0.25) is 0 Å². The van der Waals surface area contributed by atoms with Crippen molar-refractivity contribution in [2.45, 2.75) is 0 Å². The highest BCUT2D eigenvalue weighted by molar-refractivity contribution is 6.24. The molecule has 9 aromatic rings. The van der Waals surface area contributed by atoms with Gasteiger partial charge in [-0.1, -0.05) is 96.7 Å². The molecule has 40 heavy (non-hydrogen) atoms.